The van der Waals surface area contributed by atoms with Crippen LogP contribution in [0.15, 0.2) is 17.0 Å². The molecule has 2 N–H and O–H groups in total. The zero-order valence-electron chi connectivity index (χ0n) is 12.0. The Morgan fingerprint density at radius 3 is 2.52 bits per heavy atom. The number of nitrogens with zero attached hydrogens (tertiary/aromatic N) is 1. The van der Waals surface area contributed by atoms with E-state index in [0.29, 0.717) is 24.6 Å². The van der Waals surface area contributed by atoms with Crippen molar-refractivity contribution in [3.63, 3.8) is 0 Å². The molecule has 118 valence electrons. The van der Waals surface area contributed by atoms with Gasteiger partial charge in [-0.25, -0.2) is 8.42 Å². The Hall–Kier alpha value is -1.02. The Morgan fingerprint density at radius 2 is 1.95 bits per heavy atom. The van der Waals surface area contributed by atoms with E-state index in [0.717, 1.165) is 12.8 Å². The monoisotopic (exact) mass is 334 g/mol. The van der Waals surface area contributed by atoms with Crippen molar-refractivity contribution in [2.24, 2.45) is 5.73 Å². The van der Waals surface area contributed by atoms with E-state index in [2.05, 4.69) is 0 Å². The van der Waals surface area contributed by atoms with Crippen LogP contribution in [0, 0.1) is 0 Å². The van der Waals surface area contributed by atoms with Gasteiger partial charge in [-0.3, -0.25) is 0 Å². The maximum atomic E-state index is 12.8. The average Bonchev–Trinajstić information content (AvgIpc) is 2.95. The predicted octanol–water partition coefficient (Wildman–Crippen LogP) is 1.47. The molecule has 1 atom stereocenters. The van der Waals surface area contributed by atoms with Crippen molar-refractivity contribution in [1.29, 1.82) is 0 Å². The van der Waals surface area contributed by atoms with Crippen LogP contribution in [-0.2, 0) is 10.0 Å². The third-order valence-corrected chi connectivity index (χ3v) is 6.04. The molecule has 0 aliphatic carbocycles. The van der Waals surface area contributed by atoms with Crippen LogP contribution in [0.25, 0.3) is 0 Å². The van der Waals surface area contributed by atoms with Crippen LogP contribution in [0.4, 0.5) is 0 Å². The van der Waals surface area contributed by atoms with Crippen molar-refractivity contribution < 1.29 is 17.9 Å². The highest BCUT2D eigenvalue weighted by atomic mass is 35.5. The van der Waals surface area contributed by atoms with E-state index in [-0.39, 0.29) is 16.0 Å². The Labute approximate surface area is 129 Å². The normalized spacial score (nSPS) is 19.7. The van der Waals surface area contributed by atoms with E-state index >= 15 is 0 Å². The molecule has 1 aliphatic rings. The second-order valence-corrected chi connectivity index (χ2v) is 7.05. The molecule has 1 aromatic rings. The van der Waals surface area contributed by atoms with E-state index in [1.807, 2.05) is 0 Å². The van der Waals surface area contributed by atoms with E-state index < -0.39 is 10.0 Å². The highest BCUT2D eigenvalue weighted by Gasteiger charge is 2.36. The number of methoxy groups -OCH3 is 2. The number of halogens is 1. The van der Waals surface area contributed by atoms with Gasteiger partial charge in [0.15, 0.2) is 11.5 Å². The van der Waals surface area contributed by atoms with Gasteiger partial charge < -0.3 is 15.2 Å². The lowest BCUT2D eigenvalue weighted by Crippen LogP contribution is -2.39. The molecule has 0 bridgehead atoms. The van der Waals surface area contributed by atoms with Gasteiger partial charge in [0.25, 0.3) is 0 Å². The van der Waals surface area contributed by atoms with E-state index in [1.165, 1.54) is 30.7 Å². The molecule has 0 radical (unpaired) electrons. The summed E-state index contributed by atoms with van der Waals surface area (Å²) >= 11 is 6.12. The molecule has 0 aromatic heterocycles. The number of ether oxygens (including phenoxy) is 2. The van der Waals surface area contributed by atoms with E-state index in [9.17, 15) is 8.42 Å². The standard InChI is InChI=1S/C13H19ClN2O4S/c1-19-11-6-10(14)13(7-12(11)20-2)21(17,18)16-5-3-4-9(16)8-15/h6-7,9H,3-5,8,15H2,1-2H3. The number of sulfonamides is 1. The maximum Gasteiger partial charge on any atom is 0.244 e. The summed E-state index contributed by atoms with van der Waals surface area (Å²) < 4.78 is 37.2. The molecule has 1 unspecified atom stereocenters. The van der Waals surface area contributed by atoms with Crippen molar-refractivity contribution in [2.45, 2.75) is 23.8 Å². The van der Waals surface area contributed by atoms with Gasteiger partial charge in [-0.05, 0) is 12.8 Å². The fourth-order valence-corrected chi connectivity index (χ4v) is 4.73. The fourth-order valence-electron chi connectivity index (χ4n) is 2.52. The van der Waals surface area contributed by atoms with Crippen molar-refractivity contribution in [3.8, 4) is 11.5 Å². The van der Waals surface area contributed by atoms with Crippen molar-refractivity contribution in [3.05, 3.63) is 17.2 Å². The molecule has 6 nitrogen and oxygen atoms in total. The van der Waals surface area contributed by atoms with E-state index in [4.69, 9.17) is 26.8 Å². The number of benzene rings is 1. The maximum absolute atomic E-state index is 12.8. The lowest BCUT2D eigenvalue weighted by Gasteiger charge is -2.23. The molecule has 0 spiro atoms. The van der Waals surface area contributed by atoms with Crippen LogP contribution >= 0.6 is 11.6 Å². The van der Waals surface area contributed by atoms with Gasteiger partial charge in [0.1, 0.15) is 4.90 Å². The molecule has 8 heteroatoms. The summed E-state index contributed by atoms with van der Waals surface area (Å²) in [5.41, 5.74) is 5.65. The summed E-state index contributed by atoms with van der Waals surface area (Å²) in [6.07, 6.45) is 1.56. The van der Waals surface area contributed by atoms with Gasteiger partial charge in [0.05, 0.1) is 19.2 Å². The Bertz CT molecular complexity index is 621. The molecule has 1 heterocycles. The summed E-state index contributed by atoms with van der Waals surface area (Å²) in [6.45, 7) is 0.749. The van der Waals surface area contributed by atoms with Gasteiger partial charge in [0.2, 0.25) is 10.0 Å². The first-order chi connectivity index (χ1) is 9.95. The molecule has 2 rings (SSSR count). The zero-order chi connectivity index (χ0) is 15.6. The predicted molar refractivity (Wildman–Crippen MR) is 80.5 cm³/mol. The first kappa shape index (κ1) is 16.4. The van der Waals surface area contributed by atoms with Crippen LogP contribution in [0.5, 0.6) is 11.5 Å². The summed E-state index contributed by atoms with van der Waals surface area (Å²) in [5, 5.41) is 0.107. The largest absolute Gasteiger partial charge is 0.493 e. The highest BCUT2D eigenvalue weighted by molar-refractivity contribution is 7.89. The topological polar surface area (TPSA) is 81.9 Å². The van der Waals surface area contributed by atoms with Gasteiger partial charge in [0, 0.05) is 31.3 Å². The molecule has 1 aromatic carbocycles. The molecule has 0 saturated carbocycles. The first-order valence-electron chi connectivity index (χ1n) is 6.59. The van der Waals surface area contributed by atoms with Gasteiger partial charge in [-0.15, -0.1) is 0 Å². The quantitative estimate of drug-likeness (QED) is 0.881. The zero-order valence-corrected chi connectivity index (χ0v) is 13.6. The minimum atomic E-state index is -3.70. The third kappa shape index (κ3) is 2.96. The SMILES string of the molecule is COc1cc(Cl)c(S(=O)(=O)N2CCCC2CN)cc1OC. The van der Waals surface area contributed by atoms with Crippen LogP contribution in [0.2, 0.25) is 5.02 Å². The second-order valence-electron chi connectivity index (χ2n) is 4.79. The van der Waals surface area contributed by atoms with Crippen LogP contribution in [0.3, 0.4) is 0 Å². The Morgan fingerprint density at radius 1 is 1.33 bits per heavy atom. The molecule has 1 fully saturated rings. The fraction of sp³-hybridized carbons (Fsp3) is 0.538. The molecule has 1 saturated heterocycles. The molecular formula is C13H19ClN2O4S. The smallest absolute Gasteiger partial charge is 0.244 e. The summed E-state index contributed by atoms with van der Waals surface area (Å²) in [7, 11) is -0.792. The van der Waals surface area contributed by atoms with Crippen molar-refractivity contribution in [2.75, 3.05) is 27.3 Å². The highest BCUT2D eigenvalue weighted by Crippen LogP contribution is 2.37. The van der Waals surface area contributed by atoms with Gasteiger partial charge in [-0.1, -0.05) is 11.6 Å². The average molecular weight is 335 g/mol. The van der Waals surface area contributed by atoms with Gasteiger partial charge in [-0.2, -0.15) is 4.31 Å². The summed E-state index contributed by atoms with van der Waals surface area (Å²) in [6, 6.07) is 2.66. The van der Waals surface area contributed by atoms with Crippen LogP contribution in [0.1, 0.15) is 12.8 Å². The number of rotatable bonds is 5. The van der Waals surface area contributed by atoms with Crippen LogP contribution in [-0.4, -0.2) is 46.1 Å². The Balaban J connectivity index is 2.49. The third-order valence-electron chi connectivity index (χ3n) is 3.62. The summed E-state index contributed by atoms with van der Waals surface area (Å²) in [5.74, 6) is 0.710. The Kier molecular flexibility index (Phi) is 4.98. The molecule has 0 amide bonds. The molecule has 1 aliphatic heterocycles. The van der Waals surface area contributed by atoms with Crippen molar-refractivity contribution >= 4 is 21.6 Å². The van der Waals surface area contributed by atoms with Crippen molar-refractivity contribution in [1.82, 2.24) is 4.31 Å². The summed E-state index contributed by atoms with van der Waals surface area (Å²) in [4.78, 5) is 0.0159. The minimum Gasteiger partial charge on any atom is -0.493 e. The molecule has 21 heavy (non-hydrogen) atoms. The lowest BCUT2D eigenvalue weighted by atomic mass is 10.2. The van der Waals surface area contributed by atoms with E-state index in [1.54, 1.807) is 0 Å². The molecular weight excluding hydrogens is 316 g/mol. The minimum absolute atomic E-state index is 0.0159. The van der Waals surface area contributed by atoms with Crippen LogP contribution < -0.4 is 15.2 Å². The first-order valence-corrected chi connectivity index (χ1v) is 8.41. The lowest BCUT2D eigenvalue weighted by molar-refractivity contribution is 0.353. The number of nitrogens with two attached hydrogens (primary N) is 1. The number of hydrogen-bond donors (Lipinski definition) is 1. The number of hydrogen-bond acceptors (Lipinski definition) is 5. The van der Waals surface area contributed by atoms with Gasteiger partial charge >= 0.3 is 0 Å². The second kappa shape index (κ2) is 6.39.